The summed E-state index contributed by atoms with van der Waals surface area (Å²) in [5.41, 5.74) is 0.764. The van der Waals surface area contributed by atoms with Crippen molar-refractivity contribution in [2.75, 3.05) is 51.7 Å². The van der Waals surface area contributed by atoms with Crippen molar-refractivity contribution in [3.05, 3.63) is 24.3 Å². The third-order valence-corrected chi connectivity index (χ3v) is 3.54. The topological polar surface area (TPSA) is 61.9 Å². The molecular weight excluding hydrogens is 270 g/mol. The third kappa shape index (κ3) is 4.84. The predicted molar refractivity (Wildman–Crippen MR) is 80.6 cm³/mol. The Morgan fingerprint density at radius 3 is 2.38 bits per heavy atom. The van der Waals surface area contributed by atoms with E-state index in [9.17, 15) is 9.59 Å². The number of benzene rings is 1. The standard InChI is InChI=1S/C15H21N3O3/c1-21-14-4-2-13(3-5-14)16-15(20)12-18-8-6-17(7-9-18)10-11-19/h2-5,11H,6-10,12H2,1H3,(H,16,20). The number of piperazine rings is 1. The first-order chi connectivity index (χ1) is 10.2. The Balaban J connectivity index is 1.75. The Bertz CT molecular complexity index is 468. The van der Waals surface area contributed by atoms with E-state index in [-0.39, 0.29) is 5.91 Å². The van der Waals surface area contributed by atoms with Crippen LogP contribution in [0.5, 0.6) is 5.75 Å². The largest absolute Gasteiger partial charge is 0.497 e. The third-order valence-electron chi connectivity index (χ3n) is 3.54. The van der Waals surface area contributed by atoms with Gasteiger partial charge in [-0.1, -0.05) is 0 Å². The molecule has 0 radical (unpaired) electrons. The van der Waals surface area contributed by atoms with Gasteiger partial charge in [-0.05, 0) is 24.3 Å². The number of nitrogens with zero attached hydrogens (tertiary/aromatic N) is 2. The first-order valence-electron chi connectivity index (χ1n) is 7.03. The van der Waals surface area contributed by atoms with E-state index in [1.807, 2.05) is 24.3 Å². The molecule has 1 heterocycles. The number of nitrogens with one attached hydrogen (secondary N) is 1. The lowest BCUT2D eigenvalue weighted by Gasteiger charge is -2.33. The van der Waals surface area contributed by atoms with E-state index in [1.165, 1.54) is 0 Å². The van der Waals surface area contributed by atoms with E-state index < -0.39 is 0 Å². The molecule has 1 aromatic rings. The van der Waals surface area contributed by atoms with Gasteiger partial charge in [0.2, 0.25) is 5.91 Å². The highest BCUT2D eigenvalue weighted by Gasteiger charge is 2.18. The number of anilines is 1. The van der Waals surface area contributed by atoms with E-state index in [0.717, 1.165) is 43.9 Å². The number of rotatable bonds is 6. The van der Waals surface area contributed by atoms with Crippen LogP contribution in [-0.4, -0.2) is 68.4 Å². The number of methoxy groups -OCH3 is 1. The molecule has 1 saturated heterocycles. The van der Waals surface area contributed by atoms with E-state index in [2.05, 4.69) is 15.1 Å². The molecule has 1 aliphatic heterocycles. The Labute approximate surface area is 124 Å². The van der Waals surface area contributed by atoms with Crippen molar-refractivity contribution in [2.45, 2.75) is 0 Å². The van der Waals surface area contributed by atoms with Crippen LogP contribution in [0.15, 0.2) is 24.3 Å². The van der Waals surface area contributed by atoms with Crippen molar-refractivity contribution in [3.8, 4) is 5.75 Å². The van der Waals surface area contributed by atoms with Gasteiger partial charge < -0.3 is 14.8 Å². The monoisotopic (exact) mass is 291 g/mol. The minimum Gasteiger partial charge on any atom is -0.497 e. The van der Waals surface area contributed by atoms with Crippen LogP contribution in [0.3, 0.4) is 0 Å². The zero-order chi connectivity index (χ0) is 15.1. The van der Waals surface area contributed by atoms with Gasteiger partial charge in [0.15, 0.2) is 0 Å². The van der Waals surface area contributed by atoms with Crippen LogP contribution in [0.1, 0.15) is 0 Å². The Kier molecular flexibility index (Phi) is 5.71. The fraction of sp³-hybridized carbons (Fsp3) is 0.467. The number of hydrogen-bond acceptors (Lipinski definition) is 5. The van der Waals surface area contributed by atoms with Gasteiger partial charge in [-0.2, -0.15) is 0 Å². The molecule has 21 heavy (non-hydrogen) atoms. The summed E-state index contributed by atoms with van der Waals surface area (Å²) in [5.74, 6) is 0.739. The first-order valence-corrected chi connectivity index (χ1v) is 7.03. The highest BCUT2D eigenvalue weighted by Crippen LogP contribution is 2.15. The molecule has 1 aliphatic rings. The number of carbonyl (C=O) groups is 2. The lowest BCUT2D eigenvalue weighted by atomic mass is 10.3. The van der Waals surface area contributed by atoms with Gasteiger partial charge in [0.1, 0.15) is 12.0 Å². The SMILES string of the molecule is COc1ccc(NC(=O)CN2CCN(CC=O)CC2)cc1. The molecule has 6 nitrogen and oxygen atoms in total. The van der Waals surface area contributed by atoms with Crippen molar-refractivity contribution in [2.24, 2.45) is 0 Å². The van der Waals surface area contributed by atoms with Gasteiger partial charge in [0.05, 0.1) is 20.2 Å². The van der Waals surface area contributed by atoms with Crippen molar-refractivity contribution in [3.63, 3.8) is 0 Å². The fourth-order valence-corrected chi connectivity index (χ4v) is 2.31. The van der Waals surface area contributed by atoms with Crippen molar-refractivity contribution >= 4 is 17.9 Å². The first kappa shape index (κ1) is 15.5. The molecule has 0 atom stereocenters. The molecule has 1 amide bonds. The van der Waals surface area contributed by atoms with Crippen LogP contribution in [0.2, 0.25) is 0 Å². The Morgan fingerprint density at radius 2 is 1.81 bits per heavy atom. The lowest BCUT2D eigenvalue weighted by Crippen LogP contribution is -2.48. The van der Waals surface area contributed by atoms with Crippen LogP contribution < -0.4 is 10.1 Å². The van der Waals surface area contributed by atoms with E-state index >= 15 is 0 Å². The molecule has 1 N–H and O–H groups in total. The van der Waals surface area contributed by atoms with Gasteiger partial charge in [-0.15, -0.1) is 0 Å². The zero-order valence-corrected chi connectivity index (χ0v) is 12.2. The smallest absolute Gasteiger partial charge is 0.238 e. The van der Waals surface area contributed by atoms with Crippen molar-refractivity contribution in [1.29, 1.82) is 0 Å². The second kappa shape index (κ2) is 7.75. The molecule has 0 spiro atoms. The van der Waals surface area contributed by atoms with Crippen molar-refractivity contribution < 1.29 is 14.3 Å². The maximum Gasteiger partial charge on any atom is 0.238 e. The highest BCUT2D eigenvalue weighted by atomic mass is 16.5. The summed E-state index contributed by atoms with van der Waals surface area (Å²) in [7, 11) is 1.61. The minimum absolute atomic E-state index is 0.0241. The van der Waals surface area contributed by atoms with Crippen LogP contribution in [0, 0.1) is 0 Å². The number of aldehydes is 1. The van der Waals surface area contributed by atoms with Crippen LogP contribution in [-0.2, 0) is 9.59 Å². The molecule has 1 aromatic carbocycles. The summed E-state index contributed by atoms with van der Waals surface area (Å²) in [6.07, 6.45) is 0.923. The van der Waals surface area contributed by atoms with Gasteiger partial charge in [0.25, 0.3) is 0 Å². The van der Waals surface area contributed by atoms with Gasteiger partial charge in [-0.25, -0.2) is 0 Å². The molecule has 2 rings (SSSR count). The molecule has 0 unspecified atom stereocenters. The molecular formula is C15H21N3O3. The zero-order valence-electron chi connectivity index (χ0n) is 12.2. The van der Waals surface area contributed by atoms with Gasteiger partial charge in [-0.3, -0.25) is 14.6 Å². The normalized spacial score (nSPS) is 16.4. The number of amides is 1. The average molecular weight is 291 g/mol. The van der Waals surface area contributed by atoms with E-state index in [0.29, 0.717) is 13.1 Å². The summed E-state index contributed by atoms with van der Waals surface area (Å²) in [6.45, 7) is 4.13. The molecule has 0 aliphatic carbocycles. The molecule has 6 heteroatoms. The summed E-state index contributed by atoms with van der Waals surface area (Å²) in [6, 6.07) is 7.26. The van der Waals surface area contributed by atoms with Gasteiger partial charge >= 0.3 is 0 Å². The maximum atomic E-state index is 12.0. The Hall–Kier alpha value is -1.92. The summed E-state index contributed by atoms with van der Waals surface area (Å²) in [4.78, 5) is 26.6. The number of hydrogen-bond donors (Lipinski definition) is 1. The molecule has 0 saturated carbocycles. The lowest BCUT2D eigenvalue weighted by molar-refractivity contribution is -0.118. The molecule has 0 bridgehead atoms. The second-order valence-corrected chi connectivity index (χ2v) is 5.02. The Morgan fingerprint density at radius 1 is 1.19 bits per heavy atom. The highest BCUT2D eigenvalue weighted by molar-refractivity contribution is 5.92. The quantitative estimate of drug-likeness (QED) is 0.771. The van der Waals surface area contributed by atoms with Crippen LogP contribution in [0.4, 0.5) is 5.69 Å². The molecule has 114 valence electrons. The average Bonchev–Trinajstić information content (AvgIpc) is 2.50. The van der Waals surface area contributed by atoms with E-state index in [4.69, 9.17) is 4.74 Å². The summed E-state index contributed by atoms with van der Waals surface area (Å²) < 4.78 is 5.08. The number of ether oxygens (including phenoxy) is 1. The predicted octanol–water partition coefficient (Wildman–Crippen LogP) is 0.450. The summed E-state index contributed by atoms with van der Waals surface area (Å²) >= 11 is 0. The summed E-state index contributed by atoms with van der Waals surface area (Å²) in [5, 5.41) is 2.87. The van der Waals surface area contributed by atoms with Crippen LogP contribution in [0.25, 0.3) is 0 Å². The van der Waals surface area contributed by atoms with Crippen molar-refractivity contribution in [1.82, 2.24) is 9.80 Å². The van der Waals surface area contributed by atoms with E-state index in [1.54, 1.807) is 7.11 Å². The molecule has 0 aromatic heterocycles. The van der Waals surface area contributed by atoms with Crippen LogP contribution >= 0.6 is 0 Å². The van der Waals surface area contributed by atoms with Gasteiger partial charge in [0, 0.05) is 31.9 Å². The fourth-order valence-electron chi connectivity index (χ4n) is 2.31. The number of carbonyl (C=O) groups excluding carboxylic acids is 2. The second-order valence-electron chi connectivity index (χ2n) is 5.02. The minimum atomic E-state index is -0.0241. The maximum absolute atomic E-state index is 12.0. The molecule has 1 fully saturated rings.